The second-order valence-electron chi connectivity index (χ2n) is 7.19. The molecule has 8 nitrogen and oxygen atoms in total. The predicted octanol–water partition coefficient (Wildman–Crippen LogP) is 3.87. The highest BCUT2D eigenvalue weighted by Crippen LogP contribution is 2.39. The molecule has 1 saturated carbocycles. The van der Waals surface area contributed by atoms with E-state index in [2.05, 4.69) is 36.9 Å². The zero-order valence-electron chi connectivity index (χ0n) is 15.9. The Balaban J connectivity index is 1.37. The third-order valence-corrected chi connectivity index (χ3v) is 4.88. The first-order valence-corrected chi connectivity index (χ1v) is 9.81. The minimum atomic E-state index is 0.628. The lowest BCUT2D eigenvalue weighted by molar-refractivity contribution is 0.963. The van der Waals surface area contributed by atoms with E-state index < -0.39 is 0 Å². The van der Waals surface area contributed by atoms with Crippen LogP contribution in [-0.2, 0) is 6.42 Å². The number of hydrogen-bond acceptors (Lipinski definition) is 6. The maximum absolute atomic E-state index is 4.69. The van der Waals surface area contributed by atoms with Crippen molar-refractivity contribution >= 4 is 17.5 Å². The first kappa shape index (κ1) is 17.4. The van der Waals surface area contributed by atoms with Crippen LogP contribution in [0.4, 0.5) is 17.5 Å². The molecule has 8 heteroatoms. The average Bonchev–Trinajstić information content (AvgIpc) is 3.27. The van der Waals surface area contributed by atoms with Crippen molar-refractivity contribution in [2.75, 3.05) is 17.2 Å². The standard InChI is InChI=1S/C21H22N8/c1-2-4-15(5-3-1)21-26-18(23-9-8-16-12-22-13-24-16)11-19(27-21)25-20-10-17(28-29-20)14-6-7-14/h1-5,10-14H,6-9H2,(H,22,24)(H3,23,25,26,27,28,29). The molecule has 0 atom stereocenters. The Labute approximate surface area is 168 Å². The van der Waals surface area contributed by atoms with Gasteiger partial charge in [-0.25, -0.2) is 15.0 Å². The van der Waals surface area contributed by atoms with E-state index in [0.717, 1.165) is 35.9 Å². The van der Waals surface area contributed by atoms with E-state index in [0.29, 0.717) is 17.6 Å². The van der Waals surface area contributed by atoms with Crippen LogP contribution in [0.2, 0.25) is 0 Å². The van der Waals surface area contributed by atoms with Crippen LogP contribution in [0.15, 0.2) is 55.0 Å². The van der Waals surface area contributed by atoms with Crippen molar-refractivity contribution in [2.45, 2.75) is 25.2 Å². The molecule has 5 rings (SSSR count). The fourth-order valence-corrected chi connectivity index (χ4v) is 3.20. The molecule has 1 aliphatic rings. The van der Waals surface area contributed by atoms with E-state index in [1.807, 2.05) is 42.6 Å². The molecule has 1 fully saturated rings. The Kier molecular flexibility index (Phi) is 4.65. The molecule has 3 aromatic heterocycles. The number of H-pyrrole nitrogens is 2. The summed E-state index contributed by atoms with van der Waals surface area (Å²) in [6.45, 7) is 0.737. The highest BCUT2D eigenvalue weighted by atomic mass is 15.2. The van der Waals surface area contributed by atoms with Crippen molar-refractivity contribution in [3.05, 3.63) is 66.4 Å². The van der Waals surface area contributed by atoms with Gasteiger partial charge in [-0.3, -0.25) is 5.10 Å². The van der Waals surface area contributed by atoms with Gasteiger partial charge in [0.25, 0.3) is 0 Å². The Morgan fingerprint density at radius 3 is 2.66 bits per heavy atom. The zero-order valence-corrected chi connectivity index (χ0v) is 15.9. The molecule has 4 N–H and O–H groups in total. The third kappa shape index (κ3) is 4.26. The lowest BCUT2D eigenvalue weighted by Gasteiger charge is -2.10. The number of rotatable bonds is 8. The van der Waals surface area contributed by atoms with Gasteiger partial charge in [0.15, 0.2) is 11.6 Å². The van der Waals surface area contributed by atoms with Gasteiger partial charge in [0.1, 0.15) is 11.6 Å². The van der Waals surface area contributed by atoms with Crippen LogP contribution in [-0.4, -0.2) is 36.7 Å². The number of anilines is 3. The summed E-state index contributed by atoms with van der Waals surface area (Å²) in [5, 5.41) is 14.2. The molecule has 1 aromatic carbocycles. The Morgan fingerprint density at radius 1 is 1.00 bits per heavy atom. The predicted molar refractivity (Wildman–Crippen MR) is 112 cm³/mol. The summed E-state index contributed by atoms with van der Waals surface area (Å²) in [5.74, 6) is 3.53. The third-order valence-electron chi connectivity index (χ3n) is 4.88. The molecule has 29 heavy (non-hydrogen) atoms. The second kappa shape index (κ2) is 7.75. The number of hydrogen-bond donors (Lipinski definition) is 4. The van der Waals surface area contributed by atoms with Crippen molar-refractivity contribution in [1.82, 2.24) is 30.1 Å². The number of imidazole rings is 1. The van der Waals surface area contributed by atoms with Crippen LogP contribution in [0.3, 0.4) is 0 Å². The summed E-state index contributed by atoms with van der Waals surface area (Å²) in [4.78, 5) is 16.6. The van der Waals surface area contributed by atoms with Crippen molar-refractivity contribution in [3.63, 3.8) is 0 Å². The molecule has 0 unspecified atom stereocenters. The van der Waals surface area contributed by atoms with Crippen LogP contribution in [0.25, 0.3) is 11.4 Å². The molecule has 0 amide bonds. The Bertz CT molecular complexity index is 1070. The number of nitrogens with one attached hydrogen (secondary N) is 4. The van der Waals surface area contributed by atoms with Gasteiger partial charge in [-0.1, -0.05) is 30.3 Å². The summed E-state index contributed by atoms with van der Waals surface area (Å²) in [7, 11) is 0. The molecule has 146 valence electrons. The number of aromatic amines is 2. The summed E-state index contributed by atoms with van der Waals surface area (Å²) in [5.41, 5.74) is 3.23. The molecular weight excluding hydrogens is 364 g/mol. The molecule has 0 spiro atoms. The van der Waals surface area contributed by atoms with Gasteiger partial charge < -0.3 is 15.6 Å². The molecular formula is C21H22N8. The van der Waals surface area contributed by atoms with Crippen LogP contribution >= 0.6 is 0 Å². The molecule has 4 aromatic rings. The van der Waals surface area contributed by atoms with Crippen molar-refractivity contribution in [3.8, 4) is 11.4 Å². The van der Waals surface area contributed by atoms with Crippen LogP contribution in [0, 0.1) is 0 Å². The van der Waals surface area contributed by atoms with Crippen molar-refractivity contribution in [2.24, 2.45) is 0 Å². The lowest BCUT2D eigenvalue weighted by Crippen LogP contribution is -2.08. The minimum absolute atomic E-state index is 0.628. The van der Waals surface area contributed by atoms with Gasteiger partial charge in [0, 0.05) is 54.2 Å². The fourth-order valence-electron chi connectivity index (χ4n) is 3.20. The van der Waals surface area contributed by atoms with E-state index in [4.69, 9.17) is 9.97 Å². The van der Waals surface area contributed by atoms with Gasteiger partial charge in [0.05, 0.1) is 6.33 Å². The Morgan fingerprint density at radius 2 is 1.86 bits per heavy atom. The lowest BCUT2D eigenvalue weighted by atomic mass is 10.2. The highest BCUT2D eigenvalue weighted by Gasteiger charge is 2.25. The quantitative estimate of drug-likeness (QED) is 0.366. The fraction of sp³-hybridized carbons (Fsp3) is 0.238. The summed E-state index contributed by atoms with van der Waals surface area (Å²) in [6, 6.07) is 13.9. The minimum Gasteiger partial charge on any atom is -0.369 e. The molecule has 0 radical (unpaired) electrons. The van der Waals surface area contributed by atoms with Gasteiger partial charge in [-0.15, -0.1) is 0 Å². The van der Waals surface area contributed by atoms with Gasteiger partial charge in [0.2, 0.25) is 0 Å². The number of nitrogens with zero attached hydrogens (tertiary/aromatic N) is 4. The van der Waals surface area contributed by atoms with Crippen LogP contribution in [0.5, 0.6) is 0 Å². The van der Waals surface area contributed by atoms with Crippen molar-refractivity contribution in [1.29, 1.82) is 0 Å². The SMILES string of the molecule is c1ccc(-c2nc(NCCc3cnc[nH]3)cc(Nc3cc(C4CC4)[nH]n3)n2)cc1. The first-order valence-electron chi connectivity index (χ1n) is 9.81. The Hall–Kier alpha value is -3.68. The second-order valence-corrected chi connectivity index (χ2v) is 7.19. The van der Waals surface area contributed by atoms with Gasteiger partial charge in [-0.2, -0.15) is 5.10 Å². The molecule has 0 saturated heterocycles. The number of aromatic nitrogens is 6. The topological polar surface area (TPSA) is 107 Å². The normalized spacial score (nSPS) is 13.4. The highest BCUT2D eigenvalue weighted by molar-refractivity contribution is 5.64. The molecule has 0 aliphatic heterocycles. The largest absolute Gasteiger partial charge is 0.369 e. The average molecular weight is 386 g/mol. The van der Waals surface area contributed by atoms with Crippen LogP contribution < -0.4 is 10.6 Å². The molecule has 0 bridgehead atoms. The summed E-state index contributed by atoms with van der Waals surface area (Å²) >= 11 is 0. The van der Waals surface area contributed by atoms with Crippen molar-refractivity contribution < 1.29 is 0 Å². The maximum Gasteiger partial charge on any atom is 0.163 e. The first-order chi connectivity index (χ1) is 14.3. The van der Waals surface area contributed by atoms with E-state index in [-0.39, 0.29) is 0 Å². The summed E-state index contributed by atoms with van der Waals surface area (Å²) in [6.07, 6.45) is 6.82. The summed E-state index contributed by atoms with van der Waals surface area (Å²) < 4.78 is 0. The van der Waals surface area contributed by atoms with E-state index >= 15 is 0 Å². The maximum atomic E-state index is 4.69. The smallest absolute Gasteiger partial charge is 0.163 e. The van der Waals surface area contributed by atoms with E-state index in [1.54, 1.807) is 6.33 Å². The number of benzene rings is 1. The monoisotopic (exact) mass is 386 g/mol. The molecule has 3 heterocycles. The van der Waals surface area contributed by atoms with Crippen LogP contribution in [0.1, 0.15) is 30.1 Å². The van der Waals surface area contributed by atoms with Gasteiger partial charge in [-0.05, 0) is 12.8 Å². The zero-order chi connectivity index (χ0) is 19.5. The van der Waals surface area contributed by atoms with Gasteiger partial charge >= 0.3 is 0 Å². The van der Waals surface area contributed by atoms with E-state index in [1.165, 1.54) is 18.5 Å². The molecule has 1 aliphatic carbocycles. The van der Waals surface area contributed by atoms with E-state index in [9.17, 15) is 0 Å².